The Bertz CT molecular complexity index is 1090. The van der Waals surface area contributed by atoms with Gasteiger partial charge in [0.25, 0.3) is 5.56 Å². The number of rotatable bonds is 8. The Labute approximate surface area is 178 Å². The summed E-state index contributed by atoms with van der Waals surface area (Å²) >= 11 is 0. The lowest BCUT2D eigenvalue weighted by atomic mass is 9.96. The molecule has 1 aromatic heterocycles. The van der Waals surface area contributed by atoms with Crippen molar-refractivity contribution in [1.29, 1.82) is 10.5 Å². The molecule has 10 nitrogen and oxygen atoms in total. The van der Waals surface area contributed by atoms with Gasteiger partial charge < -0.3 is 25.1 Å². The first-order valence-electron chi connectivity index (χ1n) is 9.26. The second kappa shape index (κ2) is 10.5. The molecule has 0 atom stereocenters. The van der Waals surface area contributed by atoms with E-state index in [0.717, 1.165) is 5.69 Å². The van der Waals surface area contributed by atoms with Crippen molar-refractivity contribution in [3.63, 3.8) is 0 Å². The lowest BCUT2D eigenvalue weighted by molar-refractivity contribution is -0.141. The van der Waals surface area contributed by atoms with Gasteiger partial charge in [0.05, 0.1) is 13.1 Å². The number of nitrogen functional groups attached to an aromatic ring is 1. The number of nitrogens with one attached hydrogen (secondary N) is 1. The SMILES string of the molecule is CC(=O)OCCN(CCOC(C)=O)c1ccc(-c2c(C#N)c(N)[nH]c(=O)c2C#N)cc1. The smallest absolute Gasteiger partial charge is 0.302 e. The number of nitrogens with two attached hydrogens (primary N) is 1. The van der Waals surface area contributed by atoms with Crippen LogP contribution in [0, 0.1) is 22.7 Å². The van der Waals surface area contributed by atoms with Crippen molar-refractivity contribution >= 4 is 23.4 Å². The monoisotopic (exact) mass is 423 g/mol. The maximum absolute atomic E-state index is 12.1. The number of nitriles is 2. The van der Waals surface area contributed by atoms with Crippen molar-refractivity contribution in [1.82, 2.24) is 4.98 Å². The van der Waals surface area contributed by atoms with Crippen molar-refractivity contribution in [3.8, 4) is 23.3 Å². The molecular weight excluding hydrogens is 402 g/mol. The molecule has 0 fully saturated rings. The third-order valence-corrected chi connectivity index (χ3v) is 4.32. The highest BCUT2D eigenvalue weighted by Crippen LogP contribution is 2.29. The van der Waals surface area contributed by atoms with Crippen molar-refractivity contribution in [3.05, 3.63) is 45.7 Å². The van der Waals surface area contributed by atoms with E-state index in [0.29, 0.717) is 18.7 Å². The second-order valence-corrected chi connectivity index (χ2v) is 6.43. The van der Waals surface area contributed by atoms with Crippen LogP contribution in [0.1, 0.15) is 25.0 Å². The fourth-order valence-electron chi connectivity index (χ4n) is 2.94. The van der Waals surface area contributed by atoms with E-state index in [4.69, 9.17) is 15.2 Å². The first-order valence-corrected chi connectivity index (χ1v) is 9.26. The van der Waals surface area contributed by atoms with Gasteiger partial charge in [-0.2, -0.15) is 10.5 Å². The number of esters is 2. The molecule has 1 heterocycles. The molecule has 31 heavy (non-hydrogen) atoms. The summed E-state index contributed by atoms with van der Waals surface area (Å²) in [4.78, 5) is 38.3. The molecule has 0 bridgehead atoms. The molecule has 0 amide bonds. The van der Waals surface area contributed by atoms with E-state index in [2.05, 4.69) is 4.98 Å². The number of aromatic amines is 1. The Balaban J connectivity index is 2.38. The Morgan fingerprint density at radius 3 is 1.97 bits per heavy atom. The summed E-state index contributed by atoms with van der Waals surface area (Å²) in [6.07, 6.45) is 0. The molecule has 160 valence electrons. The summed E-state index contributed by atoms with van der Waals surface area (Å²) in [5.41, 5.74) is 6.21. The predicted molar refractivity (Wildman–Crippen MR) is 112 cm³/mol. The van der Waals surface area contributed by atoms with Crippen molar-refractivity contribution in [2.45, 2.75) is 13.8 Å². The van der Waals surface area contributed by atoms with Gasteiger partial charge in [0.15, 0.2) is 0 Å². The fraction of sp³-hybridized carbons (Fsp3) is 0.286. The molecule has 1 aromatic carbocycles. The average Bonchev–Trinajstić information content (AvgIpc) is 2.72. The van der Waals surface area contributed by atoms with Crippen LogP contribution in [-0.4, -0.2) is 43.2 Å². The molecule has 2 rings (SSSR count). The zero-order chi connectivity index (χ0) is 23.0. The van der Waals surface area contributed by atoms with Crippen LogP contribution in [0.25, 0.3) is 11.1 Å². The van der Waals surface area contributed by atoms with Gasteiger partial charge in [0.2, 0.25) is 0 Å². The van der Waals surface area contributed by atoms with Crippen LogP contribution in [0.15, 0.2) is 29.1 Å². The number of ether oxygens (including phenoxy) is 2. The molecule has 0 aliphatic carbocycles. The highest BCUT2D eigenvalue weighted by molar-refractivity contribution is 5.80. The average molecular weight is 423 g/mol. The maximum atomic E-state index is 12.1. The maximum Gasteiger partial charge on any atom is 0.302 e. The Morgan fingerprint density at radius 1 is 1.00 bits per heavy atom. The van der Waals surface area contributed by atoms with Crippen LogP contribution in [0.5, 0.6) is 0 Å². The molecule has 10 heteroatoms. The van der Waals surface area contributed by atoms with E-state index in [1.165, 1.54) is 13.8 Å². The fourth-order valence-corrected chi connectivity index (χ4v) is 2.94. The molecule has 0 saturated carbocycles. The van der Waals surface area contributed by atoms with E-state index in [1.54, 1.807) is 24.3 Å². The number of pyridine rings is 1. The van der Waals surface area contributed by atoms with Crippen LogP contribution < -0.4 is 16.2 Å². The van der Waals surface area contributed by atoms with E-state index in [1.807, 2.05) is 17.0 Å². The minimum absolute atomic E-state index is 0.00507. The van der Waals surface area contributed by atoms with Gasteiger partial charge in [0, 0.05) is 25.1 Å². The third-order valence-electron chi connectivity index (χ3n) is 4.32. The minimum atomic E-state index is -0.678. The van der Waals surface area contributed by atoms with Crippen LogP contribution in [0.4, 0.5) is 11.5 Å². The van der Waals surface area contributed by atoms with E-state index in [-0.39, 0.29) is 35.7 Å². The summed E-state index contributed by atoms with van der Waals surface area (Å²) in [6.45, 7) is 3.60. The molecule has 0 radical (unpaired) electrons. The minimum Gasteiger partial charge on any atom is -0.464 e. The summed E-state index contributed by atoms with van der Waals surface area (Å²) in [6, 6.07) is 10.5. The molecule has 0 aliphatic heterocycles. The van der Waals surface area contributed by atoms with Gasteiger partial charge in [-0.05, 0) is 17.7 Å². The van der Waals surface area contributed by atoms with E-state index in [9.17, 15) is 24.9 Å². The number of hydrogen-bond acceptors (Lipinski definition) is 9. The highest BCUT2D eigenvalue weighted by atomic mass is 16.5. The zero-order valence-corrected chi connectivity index (χ0v) is 17.1. The largest absolute Gasteiger partial charge is 0.464 e. The molecular formula is C21H21N5O5. The van der Waals surface area contributed by atoms with E-state index >= 15 is 0 Å². The standard InChI is InChI=1S/C21H21N5O5/c1-13(27)30-9-7-26(8-10-31-14(2)28)16-5-3-15(4-6-16)19-17(11-22)20(24)25-21(29)18(19)12-23/h3-6H,7-10H2,1-2H3,(H3,24,25,29). The number of H-pyrrole nitrogens is 1. The molecule has 3 N–H and O–H groups in total. The van der Waals surface area contributed by atoms with Crippen LogP contribution in [0.3, 0.4) is 0 Å². The van der Waals surface area contributed by atoms with Crippen molar-refractivity contribution in [2.75, 3.05) is 36.9 Å². The first-order chi connectivity index (χ1) is 14.8. The molecule has 0 saturated heterocycles. The second-order valence-electron chi connectivity index (χ2n) is 6.43. The lowest BCUT2D eigenvalue weighted by Gasteiger charge is -2.24. The number of aromatic nitrogens is 1. The van der Waals surface area contributed by atoms with Crippen LogP contribution >= 0.6 is 0 Å². The molecule has 0 spiro atoms. The summed E-state index contributed by atoms with van der Waals surface area (Å²) in [5.74, 6) is -0.930. The van der Waals surface area contributed by atoms with Gasteiger partial charge >= 0.3 is 11.9 Å². The molecule has 0 aliphatic rings. The normalized spacial score (nSPS) is 9.94. The number of hydrogen-bond donors (Lipinski definition) is 2. The van der Waals surface area contributed by atoms with Crippen LogP contribution in [-0.2, 0) is 19.1 Å². The quantitative estimate of drug-likeness (QED) is 0.596. The number of benzene rings is 1. The first kappa shape index (κ1) is 23.0. The summed E-state index contributed by atoms with van der Waals surface area (Å²) in [7, 11) is 0. The Kier molecular flexibility index (Phi) is 7.75. The van der Waals surface area contributed by atoms with E-state index < -0.39 is 17.5 Å². The predicted octanol–water partition coefficient (Wildman–Crippen LogP) is 1.30. The van der Waals surface area contributed by atoms with Gasteiger partial charge in [-0.25, -0.2) is 0 Å². The molecule has 0 unspecified atom stereocenters. The zero-order valence-electron chi connectivity index (χ0n) is 17.1. The Hall–Kier alpha value is -4.31. The highest BCUT2D eigenvalue weighted by Gasteiger charge is 2.18. The van der Waals surface area contributed by atoms with Crippen molar-refractivity contribution in [2.24, 2.45) is 0 Å². The van der Waals surface area contributed by atoms with Gasteiger partial charge in [-0.1, -0.05) is 12.1 Å². The third kappa shape index (κ3) is 5.84. The van der Waals surface area contributed by atoms with Gasteiger partial charge in [-0.3, -0.25) is 14.4 Å². The molecule has 2 aromatic rings. The van der Waals surface area contributed by atoms with Gasteiger partial charge in [0.1, 0.15) is 42.3 Å². The van der Waals surface area contributed by atoms with Crippen molar-refractivity contribution < 1.29 is 19.1 Å². The topological polar surface area (TPSA) is 162 Å². The number of carbonyl (C=O) groups excluding carboxylic acids is 2. The number of anilines is 2. The summed E-state index contributed by atoms with van der Waals surface area (Å²) < 4.78 is 9.98. The summed E-state index contributed by atoms with van der Waals surface area (Å²) in [5, 5.41) is 18.8. The lowest BCUT2D eigenvalue weighted by Crippen LogP contribution is -2.31. The number of carbonyl (C=O) groups is 2. The van der Waals surface area contributed by atoms with Crippen LogP contribution in [0.2, 0.25) is 0 Å². The Morgan fingerprint density at radius 2 is 1.52 bits per heavy atom. The van der Waals surface area contributed by atoms with Gasteiger partial charge in [-0.15, -0.1) is 0 Å². The number of nitrogens with zero attached hydrogens (tertiary/aromatic N) is 3.